The predicted molar refractivity (Wildman–Crippen MR) is 58.7 cm³/mol. The Kier molecular flexibility index (Phi) is 1.76. The number of ether oxygens (including phenoxy) is 1. The zero-order valence-corrected chi connectivity index (χ0v) is 8.05. The van der Waals surface area contributed by atoms with Crippen molar-refractivity contribution in [2.45, 2.75) is 6.10 Å². The third-order valence-corrected chi connectivity index (χ3v) is 2.68. The largest absolute Gasteiger partial charge is 0.464 e. The van der Waals surface area contributed by atoms with E-state index in [-0.39, 0.29) is 0 Å². The van der Waals surface area contributed by atoms with E-state index in [1.807, 2.05) is 36.4 Å². The maximum Gasteiger partial charge on any atom is 0.140 e. The fourth-order valence-corrected chi connectivity index (χ4v) is 1.91. The first-order valence-corrected chi connectivity index (χ1v) is 4.89. The Bertz CT molecular complexity index is 543. The minimum Gasteiger partial charge on any atom is -0.464 e. The number of fused-ring (bicyclic) bond motifs is 3. The summed E-state index contributed by atoms with van der Waals surface area (Å²) >= 11 is 0. The van der Waals surface area contributed by atoms with E-state index in [4.69, 9.17) is 4.74 Å². The third kappa shape index (κ3) is 1.22. The van der Waals surface area contributed by atoms with Crippen molar-refractivity contribution in [1.82, 2.24) is 0 Å². The first kappa shape index (κ1) is 8.50. The van der Waals surface area contributed by atoms with Crippen molar-refractivity contribution in [3.63, 3.8) is 0 Å². The molecule has 0 saturated heterocycles. The fraction of sp³-hybridized carbons (Fsp3) is 0.0769. The molecule has 2 aromatic carbocycles. The van der Waals surface area contributed by atoms with Crippen LogP contribution in [0, 0.1) is 0 Å². The first-order chi connectivity index (χ1) is 7.36. The lowest BCUT2D eigenvalue weighted by Crippen LogP contribution is -2.03. The minimum absolute atomic E-state index is 0.557. The highest BCUT2D eigenvalue weighted by atomic mass is 16.5. The van der Waals surface area contributed by atoms with E-state index >= 15 is 0 Å². The molecular formula is C13H10O2. The molecule has 2 nitrogen and oxygen atoms in total. The van der Waals surface area contributed by atoms with Crippen LogP contribution < -0.4 is 4.74 Å². The minimum atomic E-state index is -0.557. The summed E-state index contributed by atoms with van der Waals surface area (Å²) in [4.78, 5) is 0. The van der Waals surface area contributed by atoms with Gasteiger partial charge < -0.3 is 9.84 Å². The van der Waals surface area contributed by atoms with Gasteiger partial charge in [0.25, 0.3) is 0 Å². The molecule has 74 valence electrons. The van der Waals surface area contributed by atoms with Gasteiger partial charge in [0, 0.05) is 10.9 Å². The molecule has 2 aromatic rings. The molecule has 1 atom stereocenters. The van der Waals surface area contributed by atoms with Crippen LogP contribution in [0.1, 0.15) is 11.7 Å². The summed E-state index contributed by atoms with van der Waals surface area (Å²) in [7, 11) is 0. The SMILES string of the molecule is OC1C=COc2c1ccc1ccccc21. The molecule has 0 amide bonds. The summed E-state index contributed by atoms with van der Waals surface area (Å²) in [6.07, 6.45) is 2.62. The normalized spacial score (nSPS) is 18.6. The van der Waals surface area contributed by atoms with E-state index in [9.17, 15) is 5.11 Å². The molecule has 15 heavy (non-hydrogen) atoms. The predicted octanol–water partition coefficient (Wildman–Crippen LogP) is 2.78. The van der Waals surface area contributed by atoms with Crippen molar-refractivity contribution in [2.24, 2.45) is 0 Å². The molecule has 0 saturated carbocycles. The van der Waals surface area contributed by atoms with Gasteiger partial charge in [-0.25, -0.2) is 0 Å². The van der Waals surface area contributed by atoms with Gasteiger partial charge in [0.05, 0.1) is 6.26 Å². The molecule has 1 aliphatic heterocycles. The molecule has 0 radical (unpaired) electrons. The van der Waals surface area contributed by atoms with Gasteiger partial charge >= 0.3 is 0 Å². The van der Waals surface area contributed by atoms with Gasteiger partial charge in [-0.2, -0.15) is 0 Å². The Morgan fingerprint density at radius 1 is 1.07 bits per heavy atom. The second-order valence-corrected chi connectivity index (χ2v) is 3.60. The average Bonchev–Trinajstić information content (AvgIpc) is 2.29. The van der Waals surface area contributed by atoms with Crippen molar-refractivity contribution in [1.29, 1.82) is 0 Å². The van der Waals surface area contributed by atoms with Gasteiger partial charge in [-0.3, -0.25) is 0 Å². The lowest BCUT2D eigenvalue weighted by atomic mass is 10.0. The van der Waals surface area contributed by atoms with E-state index in [0.29, 0.717) is 0 Å². The van der Waals surface area contributed by atoms with Crippen LogP contribution in [-0.2, 0) is 0 Å². The zero-order valence-electron chi connectivity index (χ0n) is 8.05. The molecule has 0 fully saturated rings. The number of aliphatic hydroxyl groups is 1. The van der Waals surface area contributed by atoms with Gasteiger partial charge in [0.1, 0.15) is 11.9 Å². The van der Waals surface area contributed by atoms with Gasteiger partial charge in [0.15, 0.2) is 0 Å². The molecule has 1 unspecified atom stereocenters. The number of hydrogen-bond donors (Lipinski definition) is 1. The van der Waals surface area contributed by atoms with Crippen molar-refractivity contribution in [2.75, 3.05) is 0 Å². The number of rotatable bonds is 0. The van der Waals surface area contributed by atoms with Crippen LogP contribution in [0.2, 0.25) is 0 Å². The quantitative estimate of drug-likeness (QED) is 0.705. The van der Waals surface area contributed by atoms with E-state index in [1.54, 1.807) is 12.3 Å². The van der Waals surface area contributed by atoms with Crippen LogP contribution in [0.25, 0.3) is 10.8 Å². The molecule has 0 aromatic heterocycles. The van der Waals surface area contributed by atoms with Gasteiger partial charge in [0.2, 0.25) is 0 Å². The fourth-order valence-electron chi connectivity index (χ4n) is 1.91. The van der Waals surface area contributed by atoms with Crippen LogP contribution in [0.5, 0.6) is 5.75 Å². The van der Waals surface area contributed by atoms with Crippen LogP contribution in [0.3, 0.4) is 0 Å². The Morgan fingerprint density at radius 2 is 1.93 bits per heavy atom. The summed E-state index contributed by atoms with van der Waals surface area (Å²) in [5.41, 5.74) is 0.830. The molecular weight excluding hydrogens is 188 g/mol. The maximum absolute atomic E-state index is 9.75. The molecule has 1 N–H and O–H groups in total. The molecule has 3 rings (SSSR count). The lowest BCUT2D eigenvalue weighted by Gasteiger charge is -2.18. The topological polar surface area (TPSA) is 29.5 Å². The lowest BCUT2D eigenvalue weighted by molar-refractivity contribution is 0.214. The van der Waals surface area contributed by atoms with E-state index in [1.165, 1.54) is 0 Å². The summed E-state index contributed by atoms with van der Waals surface area (Å²) in [5, 5.41) is 11.9. The summed E-state index contributed by atoms with van der Waals surface area (Å²) in [6.45, 7) is 0. The van der Waals surface area contributed by atoms with E-state index in [0.717, 1.165) is 22.1 Å². The Hall–Kier alpha value is -1.80. The molecule has 0 aliphatic carbocycles. The monoisotopic (exact) mass is 198 g/mol. The maximum atomic E-state index is 9.75. The highest BCUT2D eigenvalue weighted by Gasteiger charge is 2.16. The first-order valence-electron chi connectivity index (χ1n) is 4.89. The highest BCUT2D eigenvalue weighted by Crippen LogP contribution is 2.36. The van der Waals surface area contributed by atoms with Gasteiger partial charge in [-0.05, 0) is 11.5 Å². The van der Waals surface area contributed by atoms with Gasteiger partial charge in [-0.1, -0.05) is 36.4 Å². The second-order valence-electron chi connectivity index (χ2n) is 3.60. The molecule has 0 spiro atoms. The molecule has 1 heterocycles. The van der Waals surface area contributed by atoms with Crippen LogP contribution >= 0.6 is 0 Å². The number of benzene rings is 2. The molecule has 0 bridgehead atoms. The standard InChI is InChI=1S/C13H10O2/c14-12-7-8-15-13-10-4-2-1-3-9(10)5-6-11(12)13/h1-8,12,14H. The summed E-state index contributed by atoms with van der Waals surface area (Å²) in [5.74, 6) is 0.767. The Balaban J connectivity index is 2.36. The van der Waals surface area contributed by atoms with Crippen molar-refractivity contribution < 1.29 is 9.84 Å². The number of aliphatic hydroxyl groups excluding tert-OH is 1. The van der Waals surface area contributed by atoms with Crippen molar-refractivity contribution >= 4 is 10.8 Å². The zero-order chi connectivity index (χ0) is 10.3. The van der Waals surface area contributed by atoms with E-state index in [2.05, 4.69) is 0 Å². The average molecular weight is 198 g/mol. The highest BCUT2D eigenvalue weighted by molar-refractivity contribution is 5.90. The molecule has 1 aliphatic rings. The summed E-state index contributed by atoms with van der Waals surface area (Å²) < 4.78 is 5.47. The summed E-state index contributed by atoms with van der Waals surface area (Å²) in [6, 6.07) is 11.9. The van der Waals surface area contributed by atoms with Crippen molar-refractivity contribution in [3.05, 3.63) is 54.3 Å². The van der Waals surface area contributed by atoms with E-state index < -0.39 is 6.10 Å². The molecule has 2 heteroatoms. The van der Waals surface area contributed by atoms with Crippen LogP contribution in [-0.4, -0.2) is 5.11 Å². The number of hydrogen-bond acceptors (Lipinski definition) is 2. The van der Waals surface area contributed by atoms with Crippen molar-refractivity contribution in [3.8, 4) is 5.75 Å². The smallest absolute Gasteiger partial charge is 0.140 e. The Labute approximate surface area is 87.4 Å². The third-order valence-electron chi connectivity index (χ3n) is 2.68. The van der Waals surface area contributed by atoms with Gasteiger partial charge in [-0.15, -0.1) is 0 Å². The van der Waals surface area contributed by atoms with Crippen LogP contribution in [0.15, 0.2) is 48.7 Å². The van der Waals surface area contributed by atoms with Crippen LogP contribution in [0.4, 0.5) is 0 Å². The second kappa shape index (κ2) is 3.11. The Morgan fingerprint density at radius 3 is 2.87 bits per heavy atom.